The molecule has 0 saturated heterocycles. The van der Waals surface area contributed by atoms with Gasteiger partial charge in [0.1, 0.15) is 24.4 Å². The summed E-state index contributed by atoms with van der Waals surface area (Å²) in [5, 5.41) is 54.7. The minimum Gasteiger partial charge on any atom is -0.547 e. The maximum atomic E-state index is 9.96. The number of hydrogen-bond donors (Lipinski definition) is 4. The lowest BCUT2D eigenvalue weighted by Gasteiger charge is -2.27. The van der Waals surface area contributed by atoms with Gasteiger partial charge in [-0.25, -0.2) is 0 Å². The highest BCUT2D eigenvalue weighted by atomic mass is 16.4. The molecular weight excluding hydrogens is 200 g/mol. The van der Waals surface area contributed by atoms with Gasteiger partial charge in [-0.1, -0.05) is 0 Å². The quantitative estimate of drug-likeness (QED) is 0.348. The second-order valence-electron chi connectivity index (χ2n) is 2.51. The molecule has 0 rings (SSSR count). The molecule has 0 aliphatic heterocycles. The van der Waals surface area contributed by atoms with E-state index in [-0.39, 0.29) is 1.43 Å². The minimum absolute atomic E-state index is 0. The molecule has 0 bridgehead atoms. The first kappa shape index (κ1) is 12.8. The van der Waals surface area contributed by atoms with Gasteiger partial charge in [-0.05, 0) is 0 Å². The topological polar surface area (TPSA) is 161 Å². The van der Waals surface area contributed by atoms with E-state index >= 15 is 0 Å². The highest BCUT2D eigenvalue weighted by molar-refractivity contribution is 5.72. The number of carbonyl (C=O) groups is 2. The largest absolute Gasteiger partial charge is 1.00 e. The van der Waals surface area contributed by atoms with Crippen LogP contribution in [0.5, 0.6) is 0 Å². The zero-order chi connectivity index (χ0) is 11.5. The van der Waals surface area contributed by atoms with Crippen LogP contribution < -0.4 is 10.2 Å². The summed E-state index contributed by atoms with van der Waals surface area (Å²) in [7, 11) is 0. The summed E-state index contributed by atoms with van der Waals surface area (Å²) < 4.78 is 0. The van der Waals surface area contributed by atoms with Gasteiger partial charge in [-0.15, -0.1) is 0 Å². The van der Waals surface area contributed by atoms with Crippen LogP contribution >= 0.6 is 0 Å². The number of aliphatic carboxylic acids is 2. The lowest BCUT2D eigenvalue weighted by atomic mass is 10.0. The summed E-state index contributed by atoms with van der Waals surface area (Å²) >= 11 is 0. The molecule has 8 heteroatoms. The number of hydrogen-bond acceptors (Lipinski definition) is 8. The SMILES string of the molecule is O=C([O-])[C@H](O)[C@H](O)[C@H](O)[C@@H](O)C(=O)[O-].[H+]. The van der Waals surface area contributed by atoms with Crippen molar-refractivity contribution in [3.63, 3.8) is 0 Å². The monoisotopic (exact) mass is 209 g/mol. The van der Waals surface area contributed by atoms with E-state index in [1.807, 2.05) is 0 Å². The van der Waals surface area contributed by atoms with Crippen molar-refractivity contribution in [2.24, 2.45) is 0 Å². The molecule has 0 aliphatic rings. The van der Waals surface area contributed by atoms with Gasteiger partial charge in [-0.3, -0.25) is 0 Å². The van der Waals surface area contributed by atoms with Crippen LogP contribution in [0.2, 0.25) is 0 Å². The summed E-state index contributed by atoms with van der Waals surface area (Å²) in [5.74, 6) is -4.22. The second kappa shape index (κ2) is 4.86. The first-order valence-corrected chi connectivity index (χ1v) is 3.43. The van der Waals surface area contributed by atoms with E-state index in [4.69, 9.17) is 20.4 Å². The smallest absolute Gasteiger partial charge is 0.547 e. The van der Waals surface area contributed by atoms with Crippen molar-refractivity contribution in [3.05, 3.63) is 0 Å². The van der Waals surface area contributed by atoms with E-state index < -0.39 is 36.4 Å². The van der Waals surface area contributed by atoms with Gasteiger partial charge >= 0.3 is 1.43 Å². The van der Waals surface area contributed by atoms with Crippen LogP contribution in [-0.4, -0.2) is 56.8 Å². The van der Waals surface area contributed by atoms with Gasteiger partial charge in [0.2, 0.25) is 0 Å². The zero-order valence-electron chi connectivity index (χ0n) is 7.73. The normalized spacial score (nSPS) is 19.4. The Balaban J connectivity index is 0. The molecule has 82 valence electrons. The van der Waals surface area contributed by atoms with Crippen LogP contribution in [0.15, 0.2) is 0 Å². The molecule has 4 N–H and O–H groups in total. The molecule has 0 fully saturated rings. The lowest BCUT2D eigenvalue weighted by molar-refractivity contribution is -0.327. The Kier molecular flexibility index (Phi) is 4.44. The highest BCUT2D eigenvalue weighted by Gasteiger charge is 2.31. The Bertz CT molecular complexity index is 207. The number of carboxylic acids is 2. The molecule has 0 radical (unpaired) electrons. The van der Waals surface area contributed by atoms with Crippen molar-refractivity contribution >= 4 is 11.9 Å². The molecule has 0 spiro atoms. The van der Waals surface area contributed by atoms with Gasteiger partial charge in [-0.2, -0.15) is 0 Å². The van der Waals surface area contributed by atoms with E-state index in [1.165, 1.54) is 0 Å². The summed E-state index contributed by atoms with van der Waals surface area (Å²) in [6, 6.07) is 0. The molecule has 0 heterocycles. The molecule has 14 heavy (non-hydrogen) atoms. The third-order valence-corrected chi connectivity index (χ3v) is 1.48. The number of rotatable bonds is 5. The molecule has 0 saturated carbocycles. The highest BCUT2D eigenvalue weighted by Crippen LogP contribution is 2.04. The molecule has 0 aliphatic carbocycles. The van der Waals surface area contributed by atoms with Crippen LogP contribution in [-0.2, 0) is 9.59 Å². The van der Waals surface area contributed by atoms with Crippen molar-refractivity contribution in [2.75, 3.05) is 0 Å². The summed E-state index contributed by atoms with van der Waals surface area (Å²) in [6.07, 6.45) is -9.76. The van der Waals surface area contributed by atoms with E-state index in [1.54, 1.807) is 0 Å². The van der Waals surface area contributed by atoms with Crippen LogP contribution in [0.3, 0.4) is 0 Å². The number of aliphatic hydroxyl groups excluding tert-OH is 4. The van der Waals surface area contributed by atoms with Crippen molar-refractivity contribution < 1.29 is 41.7 Å². The van der Waals surface area contributed by atoms with E-state index in [9.17, 15) is 19.8 Å². The standard InChI is InChI=1S/C6H10O8/c7-1(3(9)5(11)12)2(8)4(10)6(13)14/h1-4,7-10H,(H,11,12)(H,13,14)/p-1/t1-,2+,3-,4-/m1/s1. The molecule has 0 aromatic rings. The van der Waals surface area contributed by atoms with Crippen molar-refractivity contribution in [3.8, 4) is 0 Å². The van der Waals surface area contributed by atoms with E-state index in [2.05, 4.69) is 0 Å². The molecule has 0 amide bonds. The fourth-order valence-corrected chi connectivity index (χ4v) is 0.652. The molecule has 8 nitrogen and oxygen atoms in total. The van der Waals surface area contributed by atoms with Crippen molar-refractivity contribution in [1.82, 2.24) is 0 Å². The molecular formula is C6H9O8-. The van der Waals surface area contributed by atoms with Crippen molar-refractivity contribution in [2.45, 2.75) is 24.4 Å². The summed E-state index contributed by atoms with van der Waals surface area (Å²) in [6.45, 7) is 0. The first-order chi connectivity index (χ1) is 6.29. The number of aliphatic hydroxyl groups is 4. The van der Waals surface area contributed by atoms with Crippen molar-refractivity contribution in [1.29, 1.82) is 0 Å². The van der Waals surface area contributed by atoms with Crippen LogP contribution in [0.4, 0.5) is 0 Å². The number of carboxylic acid groups (broad SMARTS) is 2. The Morgan fingerprint density at radius 1 is 0.857 bits per heavy atom. The molecule has 4 atom stereocenters. The number of carbonyl (C=O) groups excluding carboxylic acids is 2. The average molecular weight is 209 g/mol. The van der Waals surface area contributed by atoms with Crippen LogP contribution in [0.1, 0.15) is 1.43 Å². The Morgan fingerprint density at radius 3 is 1.21 bits per heavy atom. The summed E-state index contributed by atoms with van der Waals surface area (Å²) in [5.41, 5.74) is 0. The Hall–Kier alpha value is -1.22. The molecule has 0 aromatic carbocycles. The maximum absolute atomic E-state index is 9.96. The van der Waals surface area contributed by atoms with Gasteiger partial charge in [0.25, 0.3) is 0 Å². The van der Waals surface area contributed by atoms with Gasteiger partial charge < -0.3 is 40.2 Å². The van der Waals surface area contributed by atoms with Gasteiger partial charge in [0, 0.05) is 0 Å². The fourth-order valence-electron chi connectivity index (χ4n) is 0.652. The third-order valence-electron chi connectivity index (χ3n) is 1.48. The van der Waals surface area contributed by atoms with E-state index in [0.29, 0.717) is 0 Å². The Morgan fingerprint density at radius 2 is 1.07 bits per heavy atom. The predicted molar refractivity (Wildman–Crippen MR) is 35.2 cm³/mol. The third kappa shape index (κ3) is 2.92. The van der Waals surface area contributed by atoms with E-state index in [0.717, 1.165) is 0 Å². The Labute approximate surface area is 79.1 Å². The minimum atomic E-state index is -2.50. The maximum Gasteiger partial charge on any atom is 1.00 e. The van der Waals surface area contributed by atoms with Crippen LogP contribution in [0, 0.1) is 0 Å². The zero-order valence-corrected chi connectivity index (χ0v) is 6.73. The van der Waals surface area contributed by atoms with Gasteiger partial charge in [0.05, 0.1) is 11.9 Å². The molecule has 0 aromatic heterocycles. The van der Waals surface area contributed by atoms with Gasteiger partial charge in [0.15, 0.2) is 0 Å². The average Bonchev–Trinajstić information content (AvgIpc) is 2.12. The second-order valence-corrected chi connectivity index (χ2v) is 2.51. The fraction of sp³-hybridized carbons (Fsp3) is 0.667. The summed E-state index contributed by atoms with van der Waals surface area (Å²) in [4.78, 5) is 19.9. The predicted octanol–water partition coefficient (Wildman–Crippen LogP) is -5.96. The molecule has 0 unspecified atom stereocenters. The van der Waals surface area contributed by atoms with Crippen LogP contribution in [0.25, 0.3) is 0 Å². The lowest BCUT2D eigenvalue weighted by Crippen LogP contribution is -2.55. The first-order valence-electron chi connectivity index (χ1n) is 3.43.